The summed E-state index contributed by atoms with van der Waals surface area (Å²) >= 11 is 0. The second-order valence-electron chi connectivity index (χ2n) is 8.19. The van der Waals surface area contributed by atoms with Crippen LogP contribution < -0.4 is 16.4 Å². The molecule has 2 heterocycles. The van der Waals surface area contributed by atoms with E-state index in [1.54, 1.807) is 46.1 Å². The van der Waals surface area contributed by atoms with Crippen molar-refractivity contribution in [3.63, 3.8) is 0 Å². The number of pyridine rings is 1. The first-order valence-electron chi connectivity index (χ1n) is 9.85. The van der Waals surface area contributed by atoms with Crippen molar-refractivity contribution in [2.24, 2.45) is 16.6 Å². The fourth-order valence-electron chi connectivity index (χ4n) is 3.10. The number of nitrogens with zero attached hydrogens (tertiary/aromatic N) is 2. The fourth-order valence-corrected chi connectivity index (χ4v) is 3.10. The van der Waals surface area contributed by atoms with Gasteiger partial charge in [0.15, 0.2) is 0 Å². The number of halogens is 1. The molecule has 2 bridgehead atoms. The highest BCUT2D eigenvalue weighted by Crippen LogP contribution is 2.25. The maximum absolute atomic E-state index is 14.8. The van der Waals surface area contributed by atoms with E-state index in [1.165, 1.54) is 13.1 Å². The molecule has 4 N–H and O–H groups in total. The summed E-state index contributed by atoms with van der Waals surface area (Å²) < 4.78 is 20.1. The molecular weight excluding hydrogens is 389 g/mol. The van der Waals surface area contributed by atoms with Crippen molar-refractivity contribution < 1.29 is 18.7 Å². The molecule has 1 aromatic rings. The standard InChI is InChI=1S/C21H30FN5O3/c1-12-14(22)6-7-15(27-20(29)30-21(2,3)4)16-10-13(8-9-25-16)18(24-5)17(11-23)26-19(12)28/h8-12,14-15H,6-7,23H2,1-5H3,(H,26,28)(H,27,29). The van der Waals surface area contributed by atoms with Gasteiger partial charge in [0.05, 0.1) is 29.1 Å². The molecule has 2 rings (SSSR count). The Balaban J connectivity index is 2.47. The lowest BCUT2D eigenvalue weighted by Gasteiger charge is -2.26. The predicted molar refractivity (Wildman–Crippen MR) is 113 cm³/mol. The van der Waals surface area contributed by atoms with Gasteiger partial charge in [-0.2, -0.15) is 0 Å². The number of amides is 2. The van der Waals surface area contributed by atoms with Gasteiger partial charge in [-0.15, -0.1) is 0 Å². The number of ether oxygens (including phenoxy) is 1. The van der Waals surface area contributed by atoms with E-state index in [0.29, 0.717) is 17.0 Å². The summed E-state index contributed by atoms with van der Waals surface area (Å²) in [5.41, 5.74) is 6.91. The maximum atomic E-state index is 14.8. The number of alkyl carbamates (subject to hydrolysis) is 1. The third-order valence-electron chi connectivity index (χ3n) is 4.69. The van der Waals surface area contributed by atoms with Gasteiger partial charge >= 0.3 is 6.09 Å². The van der Waals surface area contributed by atoms with E-state index >= 15 is 0 Å². The molecule has 3 unspecified atom stereocenters. The van der Waals surface area contributed by atoms with Crippen molar-refractivity contribution in [3.8, 4) is 0 Å². The molecule has 0 aromatic carbocycles. The minimum absolute atomic E-state index is 0.0529. The first-order chi connectivity index (χ1) is 14.1. The van der Waals surface area contributed by atoms with E-state index < -0.39 is 35.7 Å². The van der Waals surface area contributed by atoms with Crippen LogP contribution in [-0.4, -0.2) is 41.5 Å². The third-order valence-corrected chi connectivity index (χ3v) is 4.69. The summed E-state index contributed by atoms with van der Waals surface area (Å²) in [7, 11) is 1.56. The summed E-state index contributed by atoms with van der Waals surface area (Å²) in [4.78, 5) is 33.4. The summed E-state index contributed by atoms with van der Waals surface area (Å²) in [5, 5.41) is 5.43. The van der Waals surface area contributed by atoms with Crippen LogP contribution in [0.25, 0.3) is 0 Å². The Bertz CT molecular complexity index is 847. The second-order valence-corrected chi connectivity index (χ2v) is 8.19. The Hall–Kier alpha value is -2.97. The van der Waals surface area contributed by atoms with Crippen LogP contribution >= 0.6 is 0 Å². The SMILES string of the molecule is CN=C1C(=CN)NC(=O)C(C)C(F)CCC(NC(=O)OC(C)(C)C)c2cc1ccn2. The van der Waals surface area contributed by atoms with Gasteiger partial charge in [0.1, 0.15) is 11.8 Å². The third kappa shape index (κ3) is 6.01. The van der Waals surface area contributed by atoms with Crippen molar-refractivity contribution in [3.05, 3.63) is 41.5 Å². The van der Waals surface area contributed by atoms with E-state index in [1.807, 2.05) is 0 Å². The van der Waals surface area contributed by atoms with E-state index in [4.69, 9.17) is 10.5 Å². The first-order valence-corrected chi connectivity index (χ1v) is 9.85. The Morgan fingerprint density at radius 3 is 2.73 bits per heavy atom. The van der Waals surface area contributed by atoms with E-state index in [9.17, 15) is 14.0 Å². The topological polar surface area (TPSA) is 119 Å². The van der Waals surface area contributed by atoms with Crippen LogP contribution in [-0.2, 0) is 9.53 Å². The lowest BCUT2D eigenvalue weighted by Crippen LogP contribution is -2.38. The van der Waals surface area contributed by atoms with Gasteiger partial charge in [-0.1, -0.05) is 6.92 Å². The fraction of sp³-hybridized carbons (Fsp3) is 0.524. The molecule has 0 aliphatic carbocycles. The number of alkyl halides is 1. The largest absolute Gasteiger partial charge is 0.444 e. The maximum Gasteiger partial charge on any atom is 0.408 e. The molecular formula is C21H30FN5O3. The predicted octanol–water partition coefficient (Wildman–Crippen LogP) is 2.75. The summed E-state index contributed by atoms with van der Waals surface area (Å²) in [5.74, 6) is -1.40. The number of rotatable bonds is 1. The van der Waals surface area contributed by atoms with E-state index in [-0.39, 0.29) is 18.5 Å². The Morgan fingerprint density at radius 2 is 2.13 bits per heavy atom. The van der Waals surface area contributed by atoms with Crippen LogP contribution in [0.4, 0.5) is 9.18 Å². The number of fused-ring (bicyclic) bond motifs is 2. The molecule has 0 saturated heterocycles. The molecule has 0 radical (unpaired) electrons. The van der Waals surface area contributed by atoms with Crippen LogP contribution in [0.15, 0.2) is 35.2 Å². The highest BCUT2D eigenvalue weighted by Gasteiger charge is 2.29. The molecule has 3 atom stereocenters. The van der Waals surface area contributed by atoms with Gasteiger partial charge in [0.2, 0.25) is 5.91 Å². The lowest BCUT2D eigenvalue weighted by atomic mass is 9.95. The number of hydrogen-bond donors (Lipinski definition) is 3. The Morgan fingerprint density at radius 1 is 1.43 bits per heavy atom. The number of allylic oxidation sites excluding steroid dienone is 1. The first kappa shape index (κ1) is 23.3. The van der Waals surface area contributed by atoms with Gasteiger partial charge in [0.25, 0.3) is 0 Å². The normalized spacial score (nSPS) is 25.8. The van der Waals surface area contributed by atoms with E-state index in [2.05, 4.69) is 20.6 Å². The zero-order valence-electron chi connectivity index (χ0n) is 18.0. The quantitative estimate of drug-likeness (QED) is 0.647. The van der Waals surface area contributed by atoms with Gasteiger partial charge in [-0.25, -0.2) is 9.18 Å². The van der Waals surface area contributed by atoms with Crippen molar-refractivity contribution in [1.29, 1.82) is 0 Å². The minimum atomic E-state index is -1.42. The van der Waals surface area contributed by atoms with Crippen molar-refractivity contribution >= 4 is 17.7 Å². The summed E-state index contributed by atoms with van der Waals surface area (Å²) in [6.45, 7) is 6.79. The number of nitrogens with one attached hydrogen (secondary N) is 2. The molecule has 0 fully saturated rings. The average Bonchev–Trinajstić information content (AvgIpc) is 2.68. The number of aliphatic imine (C=N–C) groups is 1. The molecule has 8 nitrogen and oxygen atoms in total. The van der Waals surface area contributed by atoms with Crippen LogP contribution in [0.5, 0.6) is 0 Å². The molecule has 1 aromatic heterocycles. The summed E-state index contributed by atoms with van der Waals surface area (Å²) in [6, 6.07) is 2.86. The average molecular weight is 420 g/mol. The monoisotopic (exact) mass is 419 g/mol. The number of nitrogens with two attached hydrogens (primary N) is 1. The Kier molecular flexibility index (Phi) is 7.53. The number of carbonyl (C=O) groups excluding carboxylic acids is 2. The molecule has 0 saturated carbocycles. The smallest absolute Gasteiger partial charge is 0.408 e. The highest BCUT2D eigenvalue weighted by atomic mass is 19.1. The van der Waals surface area contributed by atoms with Gasteiger partial charge < -0.3 is 21.1 Å². The molecule has 1 aliphatic heterocycles. The molecule has 30 heavy (non-hydrogen) atoms. The van der Waals surface area contributed by atoms with Gasteiger partial charge in [-0.3, -0.25) is 14.8 Å². The zero-order valence-corrected chi connectivity index (χ0v) is 18.0. The van der Waals surface area contributed by atoms with Crippen LogP contribution in [0.2, 0.25) is 0 Å². The highest BCUT2D eigenvalue weighted by molar-refractivity contribution is 6.14. The van der Waals surface area contributed by atoms with E-state index in [0.717, 1.165) is 0 Å². The van der Waals surface area contributed by atoms with Crippen LogP contribution in [0.1, 0.15) is 57.8 Å². The molecule has 1 aliphatic rings. The van der Waals surface area contributed by atoms with Crippen molar-refractivity contribution in [2.45, 2.75) is 58.4 Å². The zero-order chi connectivity index (χ0) is 22.5. The summed E-state index contributed by atoms with van der Waals surface area (Å²) in [6.07, 6.45) is 1.04. The van der Waals surface area contributed by atoms with Gasteiger partial charge in [0, 0.05) is 25.0 Å². The van der Waals surface area contributed by atoms with Gasteiger partial charge in [-0.05, 0) is 45.7 Å². The lowest BCUT2D eigenvalue weighted by molar-refractivity contribution is -0.125. The molecule has 0 spiro atoms. The van der Waals surface area contributed by atoms with Crippen molar-refractivity contribution in [2.75, 3.05) is 7.05 Å². The van der Waals surface area contributed by atoms with Crippen LogP contribution in [0, 0.1) is 5.92 Å². The Labute approximate surface area is 176 Å². The minimum Gasteiger partial charge on any atom is -0.444 e. The number of hydrogen-bond acceptors (Lipinski definition) is 6. The number of aromatic nitrogens is 1. The second kappa shape index (κ2) is 9.69. The molecule has 2 amide bonds. The van der Waals surface area contributed by atoms with Crippen LogP contribution in [0.3, 0.4) is 0 Å². The molecule has 164 valence electrons. The van der Waals surface area contributed by atoms with Crippen molar-refractivity contribution in [1.82, 2.24) is 15.6 Å². The number of carbonyl (C=O) groups is 2. The molecule has 9 heteroatoms.